The molecule has 2 aromatic carbocycles. The van der Waals surface area contributed by atoms with E-state index in [1.54, 1.807) is 34.9 Å². The molecule has 0 spiro atoms. The van der Waals surface area contributed by atoms with Crippen molar-refractivity contribution in [1.82, 2.24) is 19.8 Å². The Balaban J connectivity index is 1.32. The molecule has 176 valence electrons. The van der Waals surface area contributed by atoms with E-state index in [-0.39, 0.29) is 5.91 Å². The van der Waals surface area contributed by atoms with Gasteiger partial charge in [-0.25, -0.2) is 0 Å². The van der Waals surface area contributed by atoms with E-state index in [0.29, 0.717) is 32.8 Å². The average Bonchev–Trinajstić information content (AvgIpc) is 3.57. The summed E-state index contributed by atoms with van der Waals surface area (Å²) in [5.74, 6) is 1.61. The van der Waals surface area contributed by atoms with Crippen LogP contribution in [0.5, 0.6) is 0 Å². The molecule has 5 aromatic rings. The number of hydrogen-bond acceptors (Lipinski definition) is 6. The highest BCUT2D eigenvalue weighted by atomic mass is 35.5. The van der Waals surface area contributed by atoms with Crippen molar-refractivity contribution >= 4 is 57.2 Å². The first-order valence-corrected chi connectivity index (χ1v) is 12.4. The van der Waals surface area contributed by atoms with Crippen LogP contribution in [0.3, 0.4) is 0 Å². The van der Waals surface area contributed by atoms with E-state index in [9.17, 15) is 4.79 Å². The summed E-state index contributed by atoms with van der Waals surface area (Å²) in [5.41, 5.74) is 3.21. The molecule has 0 unspecified atom stereocenters. The van der Waals surface area contributed by atoms with Gasteiger partial charge in [-0.2, -0.15) is 9.61 Å². The van der Waals surface area contributed by atoms with Crippen molar-refractivity contribution in [3.8, 4) is 21.9 Å². The Hall–Kier alpha value is -3.46. The van der Waals surface area contributed by atoms with Gasteiger partial charge in [0.25, 0.3) is 0 Å². The number of anilines is 1. The summed E-state index contributed by atoms with van der Waals surface area (Å²) in [6, 6.07) is 14.7. The molecule has 0 aliphatic heterocycles. The first kappa shape index (κ1) is 23.3. The lowest BCUT2D eigenvalue weighted by Gasteiger charge is -2.08. The van der Waals surface area contributed by atoms with Crippen LogP contribution in [-0.4, -0.2) is 25.7 Å². The van der Waals surface area contributed by atoms with Gasteiger partial charge in [0.2, 0.25) is 10.9 Å². The van der Waals surface area contributed by atoms with Gasteiger partial charge in [-0.1, -0.05) is 59.7 Å². The minimum Gasteiger partial charge on any atom is -0.457 e. The molecule has 1 N–H and O–H groups in total. The van der Waals surface area contributed by atoms with Crippen molar-refractivity contribution in [3.63, 3.8) is 0 Å². The number of carbonyl (C=O) groups is 1. The van der Waals surface area contributed by atoms with Gasteiger partial charge in [0.15, 0.2) is 5.82 Å². The standard InChI is InChI=1S/C25H19Cl2N5O2S/c1-3-21-29-30-25-32(21)31-24(35-25)15-8-7-14(2)19(13-15)28-22(33)12-10-16-9-11-20(34-16)17-5-4-6-18(26)23(17)27/h4-13H,3H2,1-2H3,(H,28,33). The fourth-order valence-corrected chi connectivity index (χ4v) is 4.75. The molecular weight excluding hydrogens is 505 g/mol. The third kappa shape index (κ3) is 4.73. The van der Waals surface area contributed by atoms with Crippen molar-refractivity contribution in [1.29, 1.82) is 0 Å². The molecule has 5 rings (SSSR count). The fraction of sp³-hybridized carbons (Fsp3) is 0.120. The molecular formula is C25H19Cl2N5O2S. The molecule has 1 amide bonds. The molecule has 35 heavy (non-hydrogen) atoms. The Morgan fingerprint density at radius 3 is 2.86 bits per heavy atom. The minimum atomic E-state index is -0.282. The summed E-state index contributed by atoms with van der Waals surface area (Å²) in [6.07, 6.45) is 3.77. The molecule has 0 fully saturated rings. The van der Waals surface area contributed by atoms with Crippen LogP contribution in [0.1, 0.15) is 24.1 Å². The molecule has 0 saturated heterocycles. The zero-order chi connectivity index (χ0) is 24.5. The maximum atomic E-state index is 12.6. The zero-order valence-electron chi connectivity index (χ0n) is 18.8. The van der Waals surface area contributed by atoms with E-state index in [4.69, 9.17) is 27.6 Å². The van der Waals surface area contributed by atoms with Crippen molar-refractivity contribution in [2.75, 3.05) is 5.32 Å². The van der Waals surface area contributed by atoms with Crippen LogP contribution in [0.2, 0.25) is 10.0 Å². The molecule has 10 heteroatoms. The quantitative estimate of drug-likeness (QED) is 0.243. The number of nitrogens with zero attached hydrogens (tertiary/aromatic N) is 4. The number of fused-ring (bicyclic) bond motifs is 1. The van der Waals surface area contributed by atoms with Gasteiger partial charge in [0.1, 0.15) is 16.5 Å². The third-order valence-corrected chi connectivity index (χ3v) is 7.12. The van der Waals surface area contributed by atoms with Crippen molar-refractivity contribution in [3.05, 3.63) is 81.8 Å². The lowest BCUT2D eigenvalue weighted by molar-refractivity contribution is -0.111. The Morgan fingerprint density at radius 2 is 2.03 bits per heavy atom. The second-order valence-corrected chi connectivity index (χ2v) is 9.47. The van der Waals surface area contributed by atoms with Crippen LogP contribution < -0.4 is 5.32 Å². The number of hydrogen-bond donors (Lipinski definition) is 1. The van der Waals surface area contributed by atoms with Crippen LogP contribution in [0.25, 0.3) is 32.9 Å². The van der Waals surface area contributed by atoms with E-state index in [2.05, 4.69) is 20.6 Å². The zero-order valence-corrected chi connectivity index (χ0v) is 21.1. The highest BCUT2D eigenvalue weighted by molar-refractivity contribution is 7.19. The molecule has 3 aromatic heterocycles. The number of aromatic nitrogens is 4. The third-order valence-electron chi connectivity index (χ3n) is 5.36. The molecule has 0 bridgehead atoms. The summed E-state index contributed by atoms with van der Waals surface area (Å²) in [5, 5.41) is 17.5. The van der Waals surface area contributed by atoms with E-state index < -0.39 is 0 Å². The highest BCUT2D eigenvalue weighted by Gasteiger charge is 2.14. The number of halogens is 2. The smallest absolute Gasteiger partial charge is 0.248 e. The van der Waals surface area contributed by atoms with E-state index in [1.165, 1.54) is 17.4 Å². The predicted octanol–water partition coefficient (Wildman–Crippen LogP) is 6.94. The van der Waals surface area contributed by atoms with E-state index in [0.717, 1.165) is 33.3 Å². The number of carbonyl (C=O) groups excluding carboxylic acids is 1. The van der Waals surface area contributed by atoms with Gasteiger partial charge in [-0.15, -0.1) is 10.2 Å². The molecule has 3 heterocycles. The van der Waals surface area contributed by atoms with Gasteiger partial charge in [0, 0.05) is 29.3 Å². The van der Waals surface area contributed by atoms with Crippen molar-refractivity contribution in [2.24, 2.45) is 0 Å². The van der Waals surface area contributed by atoms with Crippen molar-refractivity contribution in [2.45, 2.75) is 20.3 Å². The highest BCUT2D eigenvalue weighted by Crippen LogP contribution is 2.34. The largest absolute Gasteiger partial charge is 0.457 e. The van der Waals surface area contributed by atoms with Gasteiger partial charge in [-0.3, -0.25) is 4.79 Å². The molecule has 0 aliphatic carbocycles. The Kier molecular flexibility index (Phi) is 6.42. The first-order chi connectivity index (χ1) is 16.9. The van der Waals surface area contributed by atoms with Crippen LogP contribution in [0.4, 0.5) is 5.69 Å². The maximum Gasteiger partial charge on any atom is 0.248 e. The van der Waals surface area contributed by atoms with Crippen LogP contribution in [0.15, 0.2) is 59.0 Å². The summed E-state index contributed by atoms with van der Waals surface area (Å²) in [7, 11) is 0. The lowest BCUT2D eigenvalue weighted by atomic mass is 10.1. The summed E-state index contributed by atoms with van der Waals surface area (Å²) in [4.78, 5) is 13.4. The number of nitrogens with one attached hydrogen (secondary N) is 1. The minimum absolute atomic E-state index is 0.282. The van der Waals surface area contributed by atoms with Crippen LogP contribution in [0, 0.1) is 6.92 Å². The Labute approximate surface area is 215 Å². The van der Waals surface area contributed by atoms with Gasteiger partial charge < -0.3 is 9.73 Å². The predicted molar refractivity (Wildman–Crippen MR) is 140 cm³/mol. The SMILES string of the molecule is CCc1nnc2sc(-c3ccc(C)c(NC(=O)C=Cc4ccc(-c5cccc(Cl)c5Cl)o4)c3)nn12. The molecule has 0 radical (unpaired) electrons. The number of benzene rings is 2. The second-order valence-electron chi connectivity index (χ2n) is 7.73. The van der Waals surface area contributed by atoms with Gasteiger partial charge in [0.05, 0.1) is 10.0 Å². The Bertz CT molecular complexity index is 1580. The number of furan rings is 1. The normalized spacial score (nSPS) is 11.5. The van der Waals surface area contributed by atoms with Gasteiger partial charge in [-0.05, 0) is 48.9 Å². The second kappa shape index (κ2) is 9.65. The summed E-state index contributed by atoms with van der Waals surface area (Å²) in [6.45, 7) is 3.95. The van der Waals surface area contributed by atoms with Crippen LogP contribution >= 0.6 is 34.5 Å². The van der Waals surface area contributed by atoms with E-state index in [1.807, 2.05) is 38.1 Å². The Morgan fingerprint density at radius 1 is 1.17 bits per heavy atom. The molecule has 0 saturated carbocycles. The fourth-order valence-electron chi connectivity index (χ4n) is 3.50. The summed E-state index contributed by atoms with van der Waals surface area (Å²) >= 11 is 13.8. The molecule has 7 nitrogen and oxygen atoms in total. The summed E-state index contributed by atoms with van der Waals surface area (Å²) < 4.78 is 7.58. The number of rotatable bonds is 6. The average molecular weight is 524 g/mol. The lowest BCUT2D eigenvalue weighted by Crippen LogP contribution is -2.09. The topological polar surface area (TPSA) is 85.3 Å². The van der Waals surface area contributed by atoms with Crippen molar-refractivity contribution < 1.29 is 9.21 Å². The first-order valence-electron chi connectivity index (χ1n) is 10.8. The van der Waals surface area contributed by atoms with Gasteiger partial charge >= 0.3 is 0 Å². The number of aryl methyl sites for hydroxylation is 2. The molecule has 0 aliphatic rings. The maximum absolute atomic E-state index is 12.6. The number of amides is 1. The monoisotopic (exact) mass is 523 g/mol. The van der Waals surface area contributed by atoms with Crippen LogP contribution in [-0.2, 0) is 11.2 Å². The molecule has 0 atom stereocenters. The van der Waals surface area contributed by atoms with E-state index >= 15 is 0 Å².